The van der Waals surface area contributed by atoms with E-state index >= 15 is 0 Å². The van der Waals surface area contributed by atoms with Gasteiger partial charge in [0.1, 0.15) is 0 Å². The molecule has 0 aliphatic rings. The van der Waals surface area contributed by atoms with Gasteiger partial charge >= 0.3 is 0 Å². The van der Waals surface area contributed by atoms with Crippen LogP contribution in [-0.4, -0.2) is 45.0 Å². The summed E-state index contributed by atoms with van der Waals surface area (Å²) in [5.74, 6) is 0.0929. The number of halogens is 1. The van der Waals surface area contributed by atoms with Crippen molar-refractivity contribution in [2.45, 2.75) is 13.5 Å². The van der Waals surface area contributed by atoms with E-state index in [1.165, 1.54) is 5.56 Å². The number of nitrogens with one attached hydrogen (secondary N) is 1. The van der Waals surface area contributed by atoms with Crippen LogP contribution in [0.2, 0.25) is 0 Å². The number of amides is 1. The van der Waals surface area contributed by atoms with Gasteiger partial charge in [-0.3, -0.25) is 4.79 Å². The van der Waals surface area contributed by atoms with E-state index < -0.39 is 0 Å². The summed E-state index contributed by atoms with van der Waals surface area (Å²) in [6.07, 6.45) is 0. The van der Waals surface area contributed by atoms with Crippen LogP contribution < -0.4 is 10.2 Å². The predicted octanol–water partition coefficient (Wildman–Crippen LogP) is 2.08. The molecular weight excluding hydrogens is 306 g/mol. The minimum Gasteiger partial charge on any atom is -0.365 e. The molecular formula is C14H22BrN3O. The molecule has 0 spiro atoms. The van der Waals surface area contributed by atoms with Gasteiger partial charge in [-0.25, -0.2) is 0 Å². The first-order valence-electron chi connectivity index (χ1n) is 6.36. The normalized spacial score (nSPS) is 10.4. The number of rotatable bonds is 6. The van der Waals surface area contributed by atoms with Gasteiger partial charge in [0.2, 0.25) is 5.91 Å². The van der Waals surface area contributed by atoms with E-state index in [0.717, 1.165) is 23.2 Å². The molecule has 0 aliphatic carbocycles. The molecule has 0 unspecified atom stereocenters. The zero-order chi connectivity index (χ0) is 14.4. The summed E-state index contributed by atoms with van der Waals surface area (Å²) < 4.78 is 1.06. The van der Waals surface area contributed by atoms with E-state index in [0.29, 0.717) is 6.54 Å². The third kappa shape index (κ3) is 4.84. The fourth-order valence-electron chi connectivity index (χ4n) is 1.61. The van der Waals surface area contributed by atoms with Gasteiger partial charge in [0, 0.05) is 37.8 Å². The fourth-order valence-corrected chi connectivity index (χ4v) is 2.12. The topological polar surface area (TPSA) is 35.6 Å². The lowest BCUT2D eigenvalue weighted by Gasteiger charge is -2.21. The number of carbonyl (C=O) groups excluding carboxylic acids is 1. The first-order valence-corrected chi connectivity index (χ1v) is 7.15. The summed E-state index contributed by atoms with van der Waals surface area (Å²) >= 11 is 3.58. The van der Waals surface area contributed by atoms with Crippen molar-refractivity contribution in [1.82, 2.24) is 10.2 Å². The molecule has 1 amide bonds. The quantitative estimate of drug-likeness (QED) is 0.869. The number of hydrogen-bond acceptors (Lipinski definition) is 3. The molecule has 0 saturated carbocycles. The number of anilines is 1. The summed E-state index contributed by atoms with van der Waals surface area (Å²) in [5.41, 5.74) is 2.25. The molecule has 0 saturated heterocycles. The van der Waals surface area contributed by atoms with Crippen LogP contribution >= 0.6 is 15.9 Å². The lowest BCUT2D eigenvalue weighted by molar-refractivity contribution is -0.127. The Morgan fingerprint density at radius 3 is 2.53 bits per heavy atom. The zero-order valence-electron chi connectivity index (χ0n) is 12.0. The van der Waals surface area contributed by atoms with Crippen molar-refractivity contribution in [2.75, 3.05) is 39.1 Å². The van der Waals surface area contributed by atoms with Crippen molar-refractivity contribution in [1.29, 1.82) is 0 Å². The van der Waals surface area contributed by atoms with Crippen LogP contribution in [0.1, 0.15) is 12.5 Å². The van der Waals surface area contributed by atoms with Gasteiger partial charge in [-0.05, 0) is 24.2 Å². The first kappa shape index (κ1) is 16.0. The lowest BCUT2D eigenvalue weighted by atomic mass is 10.2. The molecule has 0 aliphatic heterocycles. The van der Waals surface area contributed by atoms with Crippen LogP contribution in [0.3, 0.4) is 0 Å². The molecule has 0 bridgehead atoms. The van der Waals surface area contributed by atoms with Gasteiger partial charge in [-0.2, -0.15) is 0 Å². The third-order valence-electron chi connectivity index (χ3n) is 2.91. The highest BCUT2D eigenvalue weighted by Crippen LogP contribution is 2.23. The van der Waals surface area contributed by atoms with Gasteiger partial charge in [0.05, 0.1) is 6.54 Å². The molecule has 4 nitrogen and oxygen atoms in total. The number of nitrogens with zero attached hydrogens (tertiary/aromatic N) is 2. The maximum atomic E-state index is 11.7. The second-order valence-corrected chi connectivity index (χ2v) is 5.55. The van der Waals surface area contributed by atoms with Crippen LogP contribution in [0.4, 0.5) is 5.69 Å². The van der Waals surface area contributed by atoms with Crippen molar-refractivity contribution in [3.63, 3.8) is 0 Å². The van der Waals surface area contributed by atoms with E-state index in [-0.39, 0.29) is 5.91 Å². The Balaban J connectivity index is 2.74. The monoisotopic (exact) mass is 327 g/mol. The highest BCUT2D eigenvalue weighted by Gasteiger charge is 2.10. The van der Waals surface area contributed by atoms with E-state index in [9.17, 15) is 4.79 Å². The van der Waals surface area contributed by atoms with E-state index in [2.05, 4.69) is 40.3 Å². The fraction of sp³-hybridized carbons (Fsp3) is 0.500. The molecule has 1 N–H and O–H groups in total. The van der Waals surface area contributed by atoms with Crippen molar-refractivity contribution in [2.24, 2.45) is 0 Å². The Morgan fingerprint density at radius 1 is 1.32 bits per heavy atom. The minimum absolute atomic E-state index is 0.0929. The average molecular weight is 328 g/mol. The summed E-state index contributed by atoms with van der Waals surface area (Å²) in [4.78, 5) is 15.2. The van der Waals surface area contributed by atoms with Crippen molar-refractivity contribution < 1.29 is 4.79 Å². The van der Waals surface area contributed by atoms with Gasteiger partial charge in [0.25, 0.3) is 0 Å². The SMILES string of the molecule is CCNCc1ccc(N(C)CC(=O)N(C)C)cc1Br. The van der Waals surface area contributed by atoms with E-state index in [4.69, 9.17) is 0 Å². The van der Waals surface area contributed by atoms with Gasteiger partial charge in [0.15, 0.2) is 0 Å². The van der Waals surface area contributed by atoms with E-state index in [1.807, 2.05) is 18.0 Å². The molecule has 0 radical (unpaired) electrons. The van der Waals surface area contributed by atoms with Crippen LogP contribution in [-0.2, 0) is 11.3 Å². The molecule has 0 fully saturated rings. The number of likely N-dealkylation sites (N-methyl/N-ethyl adjacent to an activating group) is 2. The predicted molar refractivity (Wildman–Crippen MR) is 83.5 cm³/mol. The Kier molecular flexibility index (Phi) is 6.31. The number of hydrogen-bond donors (Lipinski definition) is 1. The average Bonchev–Trinajstić information content (AvgIpc) is 2.36. The molecule has 1 aromatic rings. The molecule has 19 heavy (non-hydrogen) atoms. The maximum absolute atomic E-state index is 11.7. The Morgan fingerprint density at radius 2 is 2.00 bits per heavy atom. The van der Waals surface area contributed by atoms with Crippen LogP contribution in [0, 0.1) is 0 Å². The molecule has 1 aromatic carbocycles. The largest absolute Gasteiger partial charge is 0.365 e. The second-order valence-electron chi connectivity index (χ2n) is 4.70. The van der Waals surface area contributed by atoms with Gasteiger partial charge in [-0.1, -0.05) is 28.9 Å². The van der Waals surface area contributed by atoms with Gasteiger partial charge in [-0.15, -0.1) is 0 Å². The Bertz CT molecular complexity index is 435. The summed E-state index contributed by atoms with van der Waals surface area (Å²) in [5, 5.41) is 3.30. The minimum atomic E-state index is 0.0929. The van der Waals surface area contributed by atoms with Crippen LogP contribution in [0.5, 0.6) is 0 Å². The third-order valence-corrected chi connectivity index (χ3v) is 3.65. The summed E-state index contributed by atoms with van der Waals surface area (Å²) in [6.45, 7) is 4.26. The van der Waals surface area contributed by atoms with Crippen molar-refractivity contribution in [3.05, 3.63) is 28.2 Å². The Hall–Kier alpha value is -1.07. The highest BCUT2D eigenvalue weighted by molar-refractivity contribution is 9.10. The van der Waals surface area contributed by atoms with Crippen molar-refractivity contribution >= 4 is 27.5 Å². The summed E-state index contributed by atoms with van der Waals surface area (Å²) in [7, 11) is 5.46. The maximum Gasteiger partial charge on any atom is 0.241 e. The standard InChI is InChI=1S/C14H22BrN3O/c1-5-16-9-11-6-7-12(8-13(11)15)18(4)10-14(19)17(2)3/h6-8,16H,5,9-10H2,1-4H3. The molecule has 0 heterocycles. The highest BCUT2D eigenvalue weighted by atomic mass is 79.9. The number of benzene rings is 1. The Labute approximate surface area is 123 Å². The smallest absolute Gasteiger partial charge is 0.241 e. The van der Waals surface area contributed by atoms with E-state index in [1.54, 1.807) is 19.0 Å². The van der Waals surface area contributed by atoms with Crippen LogP contribution in [0.15, 0.2) is 22.7 Å². The molecule has 106 valence electrons. The van der Waals surface area contributed by atoms with Crippen LogP contribution in [0.25, 0.3) is 0 Å². The van der Waals surface area contributed by atoms with Gasteiger partial charge < -0.3 is 15.1 Å². The second kappa shape index (κ2) is 7.50. The molecule has 0 aromatic heterocycles. The first-order chi connectivity index (χ1) is 8.95. The zero-order valence-corrected chi connectivity index (χ0v) is 13.6. The number of carbonyl (C=O) groups is 1. The van der Waals surface area contributed by atoms with Crippen molar-refractivity contribution in [3.8, 4) is 0 Å². The summed E-state index contributed by atoms with van der Waals surface area (Å²) in [6, 6.07) is 6.18. The lowest BCUT2D eigenvalue weighted by Crippen LogP contribution is -2.34. The molecule has 1 rings (SSSR count). The molecule has 5 heteroatoms. The molecule has 0 atom stereocenters.